The smallest absolute Gasteiger partial charge is 0.229 e. The predicted molar refractivity (Wildman–Crippen MR) is 196 cm³/mol. The molecule has 0 atom stereocenters. The maximum absolute atomic E-state index is 11.9. The highest BCUT2D eigenvalue weighted by Gasteiger charge is 2.24. The van der Waals surface area contributed by atoms with Crippen LogP contribution in [0.2, 0.25) is 0 Å². The summed E-state index contributed by atoms with van der Waals surface area (Å²) in [6.07, 6.45) is 4.20. The predicted octanol–water partition coefficient (Wildman–Crippen LogP) is 0.536. The summed E-state index contributed by atoms with van der Waals surface area (Å²) in [4.78, 5) is 41.8. The fourth-order valence-electron chi connectivity index (χ4n) is 4.64. The molecule has 0 spiro atoms. The highest BCUT2D eigenvalue weighted by Crippen LogP contribution is 2.13. The minimum atomic E-state index is -0.0806. The van der Waals surface area contributed by atoms with E-state index in [1.807, 2.05) is 0 Å². The molecule has 18 heteroatoms. The molecule has 1 heterocycles. The van der Waals surface area contributed by atoms with Gasteiger partial charge in [-0.15, -0.1) is 0 Å². The first-order valence-corrected chi connectivity index (χ1v) is 19.4. The zero-order valence-corrected chi connectivity index (χ0v) is 32.7. The number of rotatable bonds is 43. The molecule has 0 aliphatic carbocycles. The Morgan fingerprint density at radius 3 is 1.17 bits per heavy atom. The third kappa shape index (κ3) is 34.6. The Balaban J connectivity index is 1.65. The van der Waals surface area contributed by atoms with Crippen LogP contribution in [0.15, 0.2) is 0 Å². The molecule has 0 saturated carbocycles. The summed E-state index contributed by atoms with van der Waals surface area (Å²) in [5.74, 6) is -0.190. The number of carbonyl (C=O) groups excluding carboxylic acids is 3. The van der Waals surface area contributed by atoms with Crippen LogP contribution in [0.25, 0.3) is 0 Å². The first kappa shape index (κ1) is 50.1. The quantitative estimate of drug-likeness (QED) is 0.0495. The number of unbranched alkanes of at least 4 members (excludes halogenated alkanes) is 2. The summed E-state index contributed by atoms with van der Waals surface area (Å²) < 4.78 is 60.0. The van der Waals surface area contributed by atoms with Crippen LogP contribution >= 0.6 is 0 Å². The van der Waals surface area contributed by atoms with E-state index in [1.165, 1.54) is 4.90 Å². The minimum Gasteiger partial charge on any atom is -0.377 e. The third-order valence-corrected chi connectivity index (χ3v) is 7.43. The van der Waals surface area contributed by atoms with E-state index in [0.29, 0.717) is 191 Å². The lowest BCUT2D eigenvalue weighted by molar-refractivity contribution is -0.148. The monoisotopic (exact) mass is 783 g/mol. The second kappa shape index (κ2) is 40.7. The first-order chi connectivity index (χ1) is 26.6. The van der Waals surface area contributed by atoms with Gasteiger partial charge in [0, 0.05) is 39.4 Å². The van der Waals surface area contributed by atoms with Crippen molar-refractivity contribution in [3.05, 3.63) is 0 Å². The number of nitrogens with zero attached hydrogens (tertiary/aromatic N) is 1. The molecule has 1 saturated heterocycles. The standard InChI is InChI=1S/C36H69N3O15/c1-37-54-33-32-53-31-30-52-29-28-51-27-26-50-25-24-49-23-22-48-21-20-47-19-18-46-17-16-45-15-14-44-13-12-43-11-9-38-34(40)6-3-2-4-10-39-35(41)7-5-8-36(39)42/h37H,2-33H2,1H3,(H,38,40). The third-order valence-electron chi connectivity index (χ3n) is 7.43. The van der Waals surface area contributed by atoms with Crippen molar-refractivity contribution in [3.8, 4) is 0 Å². The maximum atomic E-state index is 11.9. The molecule has 0 aromatic carbocycles. The SMILES string of the molecule is CNOCCOCCOCCOCCOCCOCCOCCOCCOCCOCCOCCOCCNC(=O)CCCCCN1C(=O)CCCC1=O. The van der Waals surface area contributed by atoms with Gasteiger partial charge in [-0.25, -0.2) is 5.48 Å². The van der Waals surface area contributed by atoms with Crippen LogP contribution in [-0.4, -0.2) is 195 Å². The summed E-state index contributed by atoms with van der Waals surface area (Å²) in [6, 6.07) is 0. The molecule has 1 rings (SSSR count). The van der Waals surface area contributed by atoms with E-state index in [0.717, 1.165) is 19.3 Å². The Morgan fingerprint density at radius 1 is 0.481 bits per heavy atom. The average molecular weight is 784 g/mol. The van der Waals surface area contributed by atoms with Gasteiger partial charge >= 0.3 is 0 Å². The van der Waals surface area contributed by atoms with Gasteiger partial charge in [0.05, 0.1) is 152 Å². The fraction of sp³-hybridized carbons (Fsp3) is 0.917. The largest absolute Gasteiger partial charge is 0.377 e. The van der Waals surface area contributed by atoms with Gasteiger partial charge in [0.2, 0.25) is 17.7 Å². The molecule has 3 amide bonds. The minimum absolute atomic E-state index is 0.0291. The van der Waals surface area contributed by atoms with Gasteiger partial charge in [0.25, 0.3) is 0 Å². The molecule has 1 aliphatic heterocycles. The molecule has 2 N–H and O–H groups in total. The van der Waals surface area contributed by atoms with Crippen molar-refractivity contribution in [3.63, 3.8) is 0 Å². The molecule has 1 aliphatic rings. The highest BCUT2D eigenvalue weighted by molar-refractivity contribution is 5.97. The molecule has 0 unspecified atom stereocenters. The van der Waals surface area contributed by atoms with Crippen LogP contribution in [0.3, 0.4) is 0 Å². The molecule has 0 bridgehead atoms. The number of imide groups is 1. The van der Waals surface area contributed by atoms with Crippen molar-refractivity contribution in [1.29, 1.82) is 0 Å². The molecule has 54 heavy (non-hydrogen) atoms. The molecule has 0 aromatic rings. The van der Waals surface area contributed by atoms with Gasteiger partial charge in [-0.3, -0.25) is 24.1 Å². The highest BCUT2D eigenvalue weighted by atomic mass is 16.7. The van der Waals surface area contributed by atoms with Gasteiger partial charge < -0.3 is 57.4 Å². The second-order valence-corrected chi connectivity index (χ2v) is 11.7. The number of amides is 3. The van der Waals surface area contributed by atoms with E-state index in [-0.39, 0.29) is 17.7 Å². The summed E-state index contributed by atoms with van der Waals surface area (Å²) in [6.45, 7) is 12.1. The number of carbonyl (C=O) groups is 3. The van der Waals surface area contributed by atoms with Crippen molar-refractivity contribution in [2.24, 2.45) is 0 Å². The number of nitrogens with one attached hydrogen (secondary N) is 2. The van der Waals surface area contributed by atoms with E-state index >= 15 is 0 Å². The zero-order chi connectivity index (χ0) is 38.8. The van der Waals surface area contributed by atoms with Gasteiger partial charge in [-0.1, -0.05) is 6.42 Å². The van der Waals surface area contributed by atoms with Crippen molar-refractivity contribution in [1.82, 2.24) is 15.7 Å². The summed E-state index contributed by atoms with van der Waals surface area (Å²) in [5, 5.41) is 2.83. The Bertz CT molecular complexity index is 846. The number of piperidine rings is 1. The van der Waals surface area contributed by atoms with E-state index in [4.69, 9.17) is 56.9 Å². The molecule has 0 aromatic heterocycles. The first-order valence-electron chi connectivity index (χ1n) is 19.4. The van der Waals surface area contributed by atoms with E-state index < -0.39 is 0 Å². The Kier molecular flexibility index (Phi) is 37.8. The van der Waals surface area contributed by atoms with E-state index in [9.17, 15) is 14.4 Å². The zero-order valence-electron chi connectivity index (χ0n) is 32.7. The lowest BCUT2D eigenvalue weighted by Gasteiger charge is -2.24. The second-order valence-electron chi connectivity index (χ2n) is 11.7. The summed E-state index contributed by atoms with van der Waals surface area (Å²) in [5.41, 5.74) is 2.58. The number of ether oxygens (including phenoxy) is 11. The van der Waals surface area contributed by atoms with Crippen LogP contribution in [0, 0.1) is 0 Å². The number of likely N-dealkylation sites (tertiary alicyclic amines) is 1. The Morgan fingerprint density at radius 2 is 0.815 bits per heavy atom. The van der Waals surface area contributed by atoms with E-state index in [1.54, 1.807) is 7.05 Å². The van der Waals surface area contributed by atoms with Crippen LogP contribution < -0.4 is 10.8 Å². The molecule has 18 nitrogen and oxygen atoms in total. The van der Waals surface area contributed by atoms with Gasteiger partial charge in [0.1, 0.15) is 0 Å². The fourth-order valence-corrected chi connectivity index (χ4v) is 4.64. The molecule has 0 radical (unpaired) electrons. The maximum Gasteiger partial charge on any atom is 0.229 e. The van der Waals surface area contributed by atoms with Crippen molar-refractivity contribution >= 4 is 17.7 Å². The van der Waals surface area contributed by atoms with Crippen LogP contribution in [-0.2, 0) is 71.3 Å². The molecular weight excluding hydrogens is 714 g/mol. The molecule has 318 valence electrons. The lowest BCUT2D eigenvalue weighted by atomic mass is 10.1. The van der Waals surface area contributed by atoms with Crippen LogP contribution in [0.1, 0.15) is 44.9 Å². The van der Waals surface area contributed by atoms with E-state index in [2.05, 4.69) is 10.8 Å². The lowest BCUT2D eigenvalue weighted by Crippen LogP contribution is -2.40. The summed E-state index contributed by atoms with van der Waals surface area (Å²) in [7, 11) is 1.71. The van der Waals surface area contributed by atoms with Crippen LogP contribution in [0.5, 0.6) is 0 Å². The summed E-state index contributed by atoms with van der Waals surface area (Å²) >= 11 is 0. The molecule has 1 fully saturated rings. The van der Waals surface area contributed by atoms with Crippen molar-refractivity contribution < 1.29 is 71.3 Å². The van der Waals surface area contributed by atoms with Gasteiger partial charge in [-0.2, -0.15) is 0 Å². The van der Waals surface area contributed by atoms with Gasteiger partial charge in [0.15, 0.2) is 0 Å². The normalized spacial score (nSPS) is 13.3. The van der Waals surface area contributed by atoms with Gasteiger partial charge in [-0.05, 0) is 19.3 Å². The number of hydrogen-bond acceptors (Lipinski definition) is 16. The number of hydrogen-bond donors (Lipinski definition) is 2. The average Bonchev–Trinajstić information content (AvgIpc) is 3.17. The van der Waals surface area contributed by atoms with Crippen molar-refractivity contribution in [2.45, 2.75) is 44.9 Å². The number of hydroxylamine groups is 1. The topological polar surface area (TPSA) is 189 Å². The van der Waals surface area contributed by atoms with Crippen LogP contribution in [0.4, 0.5) is 0 Å². The Labute approximate surface area is 321 Å². The molecular formula is C36H69N3O15. The Hall–Kier alpha value is -1.91. The van der Waals surface area contributed by atoms with Crippen molar-refractivity contribution in [2.75, 3.05) is 172 Å².